The summed E-state index contributed by atoms with van der Waals surface area (Å²) in [4.78, 5) is 15.5. The van der Waals surface area contributed by atoms with E-state index >= 15 is 0 Å². The second-order valence-electron chi connectivity index (χ2n) is 4.72. The van der Waals surface area contributed by atoms with E-state index in [0.717, 1.165) is 29.9 Å². The van der Waals surface area contributed by atoms with Gasteiger partial charge in [-0.05, 0) is 30.2 Å². The van der Waals surface area contributed by atoms with Gasteiger partial charge in [0.15, 0.2) is 0 Å². The fourth-order valence-corrected chi connectivity index (χ4v) is 1.99. The molecule has 0 radical (unpaired) electrons. The van der Waals surface area contributed by atoms with Crippen LogP contribution in [-0.4, -0.2) is 31.4 Å². The number of rotatable bonds is 5. The Morgan fingerprint density at radius 2 is 2.00 bits per heavy atom. The number of nitrogens with two attached hydrogens (primary N) is 1. The van der Waals surface area contributed by atoms with Crippen molar-refractivity contribution in [3.05, 3.63) is 23.8 Å². The lowest BCUT2D eigenvalue weighted by Gasteiger charge is -2.24. The largest absolute Gasteiger partial charge is 0.399 e. The van der Waals surface area contributed by atoms with Gasteiger partial charge < -0.3 is 15.5 Å². The van der Waals surface area contributed by atoms with Gasteiger partial charge in [0, 0.05) is 45.5 Å². The summed E-state index contributed by atoms with van der Waals surface area (Å²) < 4.78 is 0. The summed E-state index contributed by atoms with van der Waals surface area (Å²) in [6.07, 6.45) is 0.958. The molecular weight excluding hydrogens is 226 g/mol. The van der Waals surface area contributed by atoms with Crippen molar-refractivity contribution in [2.75, 3.05) is 31.3 Å². The molecule has 2 N–H and O–H groups in total. The molecule has 4 nitrogen and oxygen atoms in total. The molecular formula is C14H23N3O. The minimum Gasteiger partial charge on any atom is -0.399 e. The molecule has 100 valence electrons. The molecule has 0 bridgehead atoms. The van der Waals surface area contributed by atoms with Crippen LogP contribution in [0.5, 0.6) is 0 Å². The lowest BCUT2D eigenvalue weighted by Crippen LogP contribution is -2.29. The maximum Gasteiger partial charge on any atom is 0.219 e. The Morgan fingerprint density at radius 1 is 1.33 bits per heavy atom. The van der Waals surface area contributed by atoms with Crippen molar-refractivity contribution in [3.63, 3.8) is 0 Å². The molecule has 1 aromatic rings. The molecule has 1 amide bonds. The number of carbonyl (C=O) groups excluding carboxylic acids is 1. The number of nitrogens with zero attached hydrogens (tertiary/aromatic N) is 2. The second kappa shape index (κ2) is 6.28. The SMILES string of the molecule is CCCN(Cc1cc(N)ccc1N(C)C)C(C)=O. The molecule has 1 rings (SSSR count). The van der Waals surface area contributed by atoms with Gasteiger partial charge in [-0.15, -0.1) is 0 Å². The van der Waals surface area contributed by atoms with Gasteiger partial charge in [0.1, 0.15) is 0 Å². The highest BCUT2D eigenvalue weighted by Crippen LogP contribution is 2.23. The molecule has 0 saturated heterocycles. The number of anilines is 2. The predicted octanol–water partition coefficient (Wildman–Crippen LogP) is 2.09. The Morgan fingerprint density at radius 3 is 2.50 bits per heavy atom. The highest BCUT2D eigenvalue weighted by atomic mass is 16.2. The van der Waals surface area contributed by atoms with Gasteiger partial charge in [0.25, 0.3) is 0 Å². The minimum atomic E-state index is 0.101. The van der Waals surface area contributed by atoms with Crippen molar-refractivity contribution >= 4 is 17.3 Å². The summed E-state index contributed by atoms with van der Waals surface area (Å²) in [5.41, 5.74) is 8.75. The van der Waals surface area contributed by atoms with Crippen LogP contribution in [0, 0.1) is 0 Å². The Balaban J connectivity index is 3.00. The number of benzene rings is 1. The maximum atomic E-state index is 11.6. The summed E-state index contributed by atoms with van der Waals surface area (Å²) in [5, 5.41) is 0. The van der Waals surface area contributed by atoms with Crippen LogP contribution in [0.15, 0.2) is 18.2 Å². The van der Waals surface area contributed by atoms with Gasteiger partial charge in [0.05, 0.1) is 0 Å². The van der Waals surface area contributed by atoms with E-state index in [2.05, 4.69) is 6.92 Å². The summed E-state index contributed by atoms with van der Waals surface area (Å²) in [6.45, 7) is 5.07. The first-order valence-electron chi connectivity index (χ1n) is 6.27. The first-order chi connectivity index (χ1) is 8.45. The van der Waals surface area contributed by atoms with E-state index in [1.807, 2.05) is 42.1 Å². The van der Waals surface area contributed by atoms with E-state index < -0.39 is 0 Å². The van der Waals surface area contributed by atoms with Crippen LogP contribution in [0.4, 0.5) is 11.4 Å². The normalized spacial score (nSPS) is 10.2. The molecule has 0 saturated carbocycles. The van der Waals surface area contributed by atoms with Crippen molar-refractivity contribution in [1.82, 2.24) is 4.90 Å². The molecule has 0 aliphatic heterocycles. The zero-order valence-electron chi connectivity index (χ0n) is 11.7. The monoisotopic (exact) mass is 249 g/mol. The third kappa shape index (κ3) is 3.65. The molecule has 1 aromatic carbocycles. The third-order valence-electron chi connectivity index (χ3n) is 2.89. The standard InChI is InChI=1S/C14H23N3O/c1-5-8-17(11(2)18)10-12-9-13(15)6-7-14(12)16(3)4/h6-7,9H,5,8,10,15H2,1-4H3. The fourth-order valence-electron chi connectivity index (χ4n) is 1.99. The van der Waals surface area contributed by atoms with Gasteiger partial charge in [-0.2, -0.15) is 0 Å². The summed E-state index contributed by atoms with van der Waals surface area (Å²) in [5.74, 6) is 0.101. The quantitative estimate of drug-likeness (QED) is 0.813. The molecule has 0 fully saturated rings. The van der Waals surface area contributed by atoms with Gasteiger partial charge in [-0.3, -0.25) is 4.79 Å². The number of carbonyl (C=O) groups is 1. The molecule has 0 aliphatic rings. The summed E-state index contributed by atoms with van der Waals surface area (Å²) in [7, 11) is 3.99. The topological polar surface area (TPSA) is 49.6 Å². The molecule has 0 heterocycles. The molecule has 0 spiro atoms. The highest BCUT2D eigenvalue weighted by molar-refractivity contribution is 5.73. The Hall–Kier alpha value is -1.71. The van der Waals surface area contributed by atoms with Crippen LogP contribution in [0.25, 0.3) is 0 Å². The second-order valence-corrected chi connectivity index (χ2v) is 4.72. The molecule has 4 heteroatoms. The van der Waals surface area contributed by atoms with E-state index in [9.17, 15) is 4.79 Å². The summed E-state index contributed by atoms with van der Waals surface area (Å²) in [6, 6.07) is 5.83. The maximum absolute atomic E-state index is 11.6. The van der Waals surface area contributed by atoms with Crippen molar-refractivity contribution < 1.29 is 4.79 Å². The summed E-state index contributed by atoms with van der Waals surface area (Å²) >= 11 is 0. The average molecular weight is 249 g/mol. The van der Waals surface area contributed by atoms with Gasteiger partial charge in [-0.1, -0.05) is 6.92 Å². The average Bonchev–Trinajstić information content (AvgIpc) is 2.28. The Labute approximate surface area is 109 Å². The van der Waals surface area contributed by atoms with Gasteiger partial charge >= 0.3 is 0 Å². The zero-order chi connectivity index (χ0) is 13.7. The zero-order valence-corrected chi connectivity index (χ0v) is 11.7. The van der Waals surface area contributed by atoms with E-state index in [0.29, 0.717) is 6.54 Å². The Kier molecular flexibility index (Phi) is 5.01. The first-order valence-corrected chi connectivity index (χ1v) is 6.27. The lowest BCUT2D eigenvalue weighted by atomic mass is 10.1. The lowest BCUT2D eigenvalue weighted by molar-refractivity contribution is -0.129. The minimum absolute atomic E-state index is 0.101. The molecule has 18 heavy (non-hydrogen) atoms. The van der Waals surface area contributed by atoms with E-state index in [4.69, 9.17) is 5.73 Å². The van der Waals surface area contributed by atoms with Crippen LogP contribution >= 0.6 is 0 Å². The predicted molar refractivity (Wildman–Crippen MR) is 76.6 cm³/mol. The molecule has 0 atom stereocenters. The van der Waals surface area contributed by atoms with Gasteiger partial charge in [-0.25, -0.2) is 0 Å². The van der Waals surface area contributed by atoms with Crippen molar-refractivity contribution in [3.8, 4) is 0 Å². The fraction of sp³-hybridized carbons (Fsp3) is 0.500. The van der Waals surface area contributed by atoms with E-state index in [-0.39, 0.29) is 5.91 Å². The highest BCUT2D eigenvalue weighted by Gasteiger charge is 2.12. The van der Waals surface area contributed by atoms with Crippen molar-refractivity contribution in [2.45, 2.75) is 26.8 Å². The van der Waals surface area contributed by atoms with Crippen LogP contribution in [0.2, 0.25) is 0 Å². The smallest absolute Gasteiger partial charge is 0.219 e. The number of hydrogen-bond donors (Lipinski definition) is 1. The van der Waals surface area contributed by atoms with Crippen LogP contribution < -0.4 is 10.6 Å². The van der Waals surface area contributed by atoms with Crippen LogP contribution in [0.1, 0.15) is 25.8 Å². The number of hydrogen-bond acceptors (Lipinski definition) is 3. The molecule has 0 aliphatic carbocycles. The first kappa shape index (κ1) is 14.4. The van der Waals surface area contributed by atoms with E-state index in [1.165, 1.54) is 0 Å². The van der Waals surface area contributed by atoms with E-state index in [1.54, 1.807) is 6.92 Å². The Bertz CT molecular complexity index is 416. The number of amides is 1. The van der Waals surface area contributed by atoms with Crippen LogP contribution in [0.3, 0.4) is 0 Å². The van der Waals surface area contributed by atoms with Crippen molar-refractivity contribution in [2.24, 2.45) is 0 Å². The molecule has 0 aromatic heterocycles. The molecule has 0 unspecified atom stereocenters. The van der Waals surface area contributed by atoms with Crippen molar-refractivity contribution in [1.29, 1.82) is 0 Å². The van der Waals surface area contributed by atoms with Gasteiger partial charge in [0.2, 0.25) is 5.91 Å². The van der Waals surface area contributed by atoms with Crippen LogP contribution in [-0.2, 0) is 11.3 Å². The number of nitrogen functional groups attached to an aromatic ring is 1. The third-order valence-corrected chi connectivity index (χ3v) is 2.89.